The molecule has 45 heavy (non-hydrogen) atoms. The average molecular weight is 638 g/mol. The maximum absolute atomic E-state index is 14.6. The van der Waals surface area contributed by atoms with E-state index >= 15 is 0 Å². The van der Waals surface area contributed by atoms with E-state index in [0.717, 1.165) is 24.3 Å². The molecule has 236 valence electrons. The zero-order valence-corrected chi connectivity index (χ0v) is 22.9. The second-order valence-electron chi connectivity index (χ2n) is 10.4. The van der Waals surface area contributed by atoms with Gasteiger partial charge in [0.25, 0.3) is 5.91 Å². The summed E-state index contributed by atoms with van der Waals surface area (Å²) in [5.74, 6) is -3.94. The van der Waals surface area contributed by atoms with E-state index in [0.29, 0.717) is 6.07 Å². The molecule has 0 radical (unpaired) electrons. The van der Waals surface area contributed by atoms with Crippen molar-refractivity contribution in [3.8, 4) is 22.8 Å². The van der Waals surface area contributed by atoms with Crippen molar-refractivity contribution in [1.29, 1.82) is 0 Å². The van der Waals surface area contributed by atoms with Crippen LogP contribution in [0.15, 0.2) is 60.8 Å². The van der Waals surface area contributed by atoms with Gasteiger partial charge in [-0.2, -0.15) is 13.2 Å². The van der Waals surface area contributed by atoms with Crippen LogP contribution in [0.2, 0.25) is 0 Å². The summed E-state index contributed by atoms with van der Waals surface area (Å²) in [5.41, 5.74) is -2.29. The number of ether oxygens (including phenoxy) is 2. The third kappa shape index (κ3) is 5.80. The van der Waals surface area contributed by atoms with Crippen LogP contribution in [-0.4, -0.2) is 52.6 Å². The van der Waals surface area contributed by atoms with Gasteiger partial charge in [0.05, 0.1) is 12.2 Å². The van der Waals surface area contributed by atoms with Gasteiger partial charge < -0.3 is 25.6 Å². The molecule has 0 aliphatic carbocycles. The molecule has 0 bridgehead atoms. The van der Waals surface area contributed by atoms with Crippen molar-refractivity contribution in [1.82, 2.24) is 15.3 Å². The molecule has 2 aromatic carbocycles. The van der Waals surface area contributed by atoms with Gasteiger partial charge in [-0.25, -0.2) is 9.37 Å². The molecule has 1 aliphatic rings. The molecule has 1 unspecified atom stereocenters. The lowest BCUT2D eigenvalue weighted by Gasteiger charge is -2.31. The van der Waals surface area contributed by atoms with Crippen LogP contribution in [0.25, 0.3) is 22.2 Å². The fourth-order valence-electron chi connectivity index (χ4n) is 4.74. The molecule has 0 saturated carbocycles. The molecule has 1 aliphatic heterocycles. The predicted octanol–water partition coefficient (Wildman–Crippen LogP) is 4.65. The molecule has 2 amide bonds. The summed E-state index contributed by atoms with van der Waals surface area (Å²) >= 11 is 0. The number of pyridine rings is 2. The van der Waals surface area contributed by atoms with Crippen LogP contribution in [0.5, 0.6) is 11.5 Å². The van der Waals surface area contributed by atoms with E-state index in [1.807, 2.05) is 5.32 Å². The number of hydrogen-bond acceptors (Lipinski definition) is 7. The number of hydrogen-bond donors (Lipinski definition) is 3. The number of aliphatic hydroxyl groups is 1. The lowest BCUT2D eigenvalue weighted by atomic mass is 9.81. The van der Waals surface area contributed by atoms with E-state index in [2.05, 4.69) is 14.7 Å². The first-order valence-corrected chi connectivity index (χ1v) is 12.9. The summed E-state index contributed by atoms with van der Waals surface area (Å²) in [6.07, 6.45) is -9.52. The summed E-state index contributed by atoms with van der Waals surface area (Å²) in [6, 6.07) is 9.53. The molecule has 9 nitrogen and oxygen atoms in total. The smallest absolute Gasteiger partial charge is 0.489 e. The summed E-state index contributed by atoms with van der Waals surface area (Å²) in [6.45, 7) is -0.640. The summed E-state index contributed by atoms with van der Waals surface area (Å²) in [4.78, 5) is 33.2. The van der Waals surface area contributed by atoms with Crippen LogP contribution in [-0.2, 0) is 15.8 Å². The molecule has 16 heteroatoms. The molecule has 0 fully saturated rings. The van der Waals surface area contributed by atoms with Crippen LogP contribution in [0, 0.1) is 5.82 Å². The number of nitrogens with two attached hydrogens (primary N) is 1. The van der Waals surface area contributed by atoms with Gasteiger partial charge in [-0.3, -0.25) is 14.6 Å². The van der Waals surface area contributed by atoms with Crippen molar-refractivity contribution >= 4 is 22.7 Å². The fraction of sp³-hybridized carbons (Fsp3) is 0.241. The van der Waals surface area contributed by atoms with Crippen molar-refractivity contribution in [2.45, 2.75) is 30.5 Å². The molecular formula is C29H21F7N4O5. The van der Waals surface area contributed by atoms with Crippen molar-refractivity contribution in [2.75, 3.05) is 13.2 Å². The first-order valence-electron chi connectivity index (χ1n) is 12.9. The maximum Gasteiger partial charge on any atom is 0.573 e. The Kier molecular flexibility index (Phi) is 7.59. The summed E-state index contributed by atoms with van der Waals surface area (Å²) < 4.78 is 106. The molecule has 4 aromatic rings. The Morgan fingerprint density at radius 1 is 1.09 bits per heavy atom. The Labute approximate surface area is 248 Å². The van der Waals surface area contributed by atoms with Gasteiger partial charge in [-0.15, -0.1) is 13.2 Å². The second kappa shape index (κ2) is 10.9. The van der Waals surface area contributed by atoms with Gasteiger partial charge in [0.1, 0.15) is 34.8 Å². The number of halogens is 7. The van der Waals surface area contributed by atoms with Crippen LogP contribution >= 0.6 is 0 Å². The fourth-order valence-corrected chi connectivity index (χ4v) is 4.74. The molecule has 2 aromatic heterocycles. The van der Waals surface area contributed by atoms with E-state index in [-0.39, 0.29) is 40.1 Å². The van der Waals surface area contributed by atoms with Gasteiger partial charge in [0.15, 0.2) is 5.75 Å². The normalized spacial score (nSPS) is 17.7. The van der Waals surface area contributed by atoms with Crippen molar-refractivity contribution in [3.05, 3.63) is 83.4 Å². The number of rotatable bonds is 7. The SMILES string of the molecule is C[C@]1(C(N)=O)COc2c1cc(C(O)(CNC(=O)c1cc(OC(F)(F)F)c3ncccc3c1)C(F)(F)F)nc2-c1ccc(F)cc1. The lowest BCUT2D eigenvalue weighted by Crippen LogP contribution is -2.51. The zero-order chi connectivity index (χ0) is 32.9. The van der Waals surface area contributed by atoms with E-state index in [1.54, 1.807) is 0 Å². The van der Waals surface area contributed by atoms with Crippen molar-refractivity contribution in [2.24, 2.45) is 5.73 Å². The molecule has 4 N–H and O–H groups in total. The summed E-state index contributed by atoms with van der Waals surface area (Å²) in [7, 11) is 0. The van der Waals surface area contributed by atoms with E-state index in [4.69, 9.17) is 10.5 Å². The number of fused-ring (bicyclic) bond motifs is 2. The minimum absolute atomic E-state index is 0.00505. The number of carbonyl (C=O) groups is 2. The Bertz CT molecular complexity index is 1810. The van der Waals surface area contributed by atoms with E-state index in [9.17, 15) is 45.4 Å². The quantitative estimate of drug-likeness (QED) is 0.251. The molecule has 0 saturated heterocycles. The highest BCUT2D eigenvalue weighted by Crippen LogP contribution is 2.47. The zero-order valence-electron chi connectivity index (χ0n) is 22.9. The van der Waals surface area contributed by atoms with Crippen molar-refractivity contribution < 1.29 is 54.9 Å². The van der Waals surface area contributed by atoms with Gasteiger partial charge >= 0.3 is 12.5 Å². The Morgan fingerprint density at radius 2 is 1.78 bits per heavy atom. The van der Waals surface area contributed by atoms with E-state index < -0.39 is 64.7 Å². The molecule has 5 rings (SSSR count). The number of benzene rings is 2. The van der Waals surface area contributed by atoms with Gasteiger partial charge in [0, 0.05) is 28.3 Å². The first kappa shape index (κ1) is 31.4. The monoisotopic (exact) mass is 638 g/mol. The predicted molar refractivity (Wildman–Crippen MR) is 142 cm³/mol. The number of nitrogens with one attached hydrogen (secondary N) is 1. The van der Waals surface area contributed by atoms with Gasteiger partial charge in [-0.1, -0.05) is 6.07 Å². The second-order valence-corrected chi connectivity index (χ2v) is 10.4. The number of aromatic nitrogens is 2. The Hall–Kier alpha value is -4.99. The molecular weight excluding hydrogens is 617 g/mol. The highest BCUT2D eigenvalue weighted by atomic mass is 19.4. The highest BCUT2D eigenvalue weighted by Gasteiger charge is 2.57. The van der Waals surface area contributed by atoms with Crippen LogP contribution < -0.4 is 20.5 Å². The maximum atomic E-state index is 14.6. The molecule has 2 atom stereocenters. The standard InChI is InChI=1S/C29H21F7N4O5/c1-26(25(37)42)13-44-23-18(26)11-20(40-22(23)14-4-6-17(30)7-5-14)27(43,28(31,32)33)12-39-24(41)16-9-15-3-2-8-38-21(15)19(10-16)45-29(34,35)36/h2-11,43H,12-13H2,1H3,(H2,37,42)(H,39,41)/t26-,27?/m0/s1. The average Bonchev–Trinajstić information content (AvgIpc) is 3.32. The van der Waals surface area contributed by atoms with Crippen LogP contribution in [0.4, 0.5) is 30.7 Å². The van der Waals surface area contributed by atoms with Gasteiger partial charge in [-0.05, 0) is 55.5 Å². The molecule has 3 heterocycles. The largest absolute Gasteiger partial charge is 0.573 e. The minimum Gasteiger partial charge on any atom is -0.489 e. The minimum atomic E-state index is -5.51. The number of alkyl halides is 6. The summed E-state index contributed by atoms with van der Waals surface area (Å²) in [5, 5.41) is 13.1. The highest BCUT2D eigenvalue weighted by molar-refractivity contribution is 6.00. The van der Waals surface area contributed by atoms with Crippen LogP contribution in [0.1, 0.15) is 28.5 Å². The van der Waals surface area contributed by atoms with Gasteiger partial charge in [0.2, 0.25) is 11.5 Å². The third-order valence-electron chi connectivity index (χ3n) is 7.29. The Balaban J connectivity index is 1.58. The van der Waals surface area contributed by atoms with Crippen LogP contribution in [0.3, 0.4) is 0 Å². The number of primary amides is 1. The topological polar surface area (TPSA) is 137 Å². The number of amides is 2. The lowest BCUT2D eigenvalue weighted by molar-refractivity contribution is -0.274. The molecule has 0 spiro atoms. The van der Waals surface area contributed by atoms with Crippen molar-refractivity contribution in [3.63, 3.8) is 0 Å². The van der Waals surface area contributed by atoms with E-state index in [1.165, 1.54) is 37.4 Å². The number of carbonyl (C=O) groups excluding carboxylic acids is 2. The third-order valence-corrected chi connectivity index (χ3v) is 7.29. The number of nitrogens with zero attached hydrogens (tertiary/aromatic N) is 2. The first-order chi connectivity index (χ1) is 20.9. The Morgan fingerprint density at radius 3 is 2.40 bits per heavy atom.